The Labute approximate surface area is 175 Å². The number of carbonyl (C=O) groups is 2. The Kier molecular flexibility index (Phi) is 5.45. The van der Waals surface area contributed by atoms with Gasteiger partial charge < -0.3 is 20.0 Å². The molecule has 168 valence electrons. The van der Waals surface area contributed by atoms with E-state index in [-0.39, 0.29) is 41.7 Å². The average molecular weight is 442 g/mol. The first-order valence-electron chi connectivity index (χ1n) is 10.7. The molecule has 0 aromatic carbocycles. The van der Waals surface area contributed by atoms with E-state index in [2.05, 4.69) is 0 Å². The number of ketones is 2. The summed E-state index contributed by atoms with van der Waals surface area (Å²) in [5.41, 5.74) is -0.484. The number of fused-ring (bicyclic) bond motifs is 5. The molecule has 0 aliphatic heterocycles. The lowest BCUT2D eigenvalue weighted by molar-refractivity contribution is -0.160. The third-order valence-corrected chi connectivity index (χ3v) is 9.31. The SMILES string of the molecule is C[C@]12C[C@H](O)[C@H]3[C@@H](CCC4=CC(=O)CC(OP(=O)(O)O)[C@@]43C)[C@@H]1CC[C@@H]2C(=O)CO. The fraction of sp³-hybridized carbons (Fsp3) is 0.810. The van der Waals surface area contributed by atoms with Crippen LogP contribution < -0.4 is 0 Å². The van der Waals surface area contributed by atoms with Crippen LogP contribution in [0, 0.1) is 34.5 Å². The van der Waals surface area contributed by atoms with Crippen molar-refractivity contribution < 1.29 is 38.7 Å². The van der Waals surface area contributed by atoms with E-state index in [4.69, 9.17) is 4.52 Å². The fourth-order valence-corrected chi connectivity index (χ4v) is 8.28. The van der Waals surface area contributed by atoms with Gasteiger partial charge in [-0.1, -0.05) is 19.4 Å². The largest absolute Gasteiger partial charge is 0.469 e. The minimum Gasteiger partial charge on any atom is -0.393 e. The number of phosphoric ester groups is 1. The molecule has 0 aromatic heterocycles. The minimum atomic E-state index is -4.83. The number of hydrogen-bond acceptors (Lipinski definition) is 6. The third-order valence-electron chi connectivity index (χ3n) is 8.78. The summed E-state index contributed by atoms with van der Waals surface area (Å²) in [4.78, 5) is 43.6. The van der Waals surface area contributed by atoms with Crippen molar-refractivity contribution in [2.24, 2.45) is 34.5 Å². The molecule has 8 atom stereocenters. The van der Waals surface area contributed by atoms with Gasteiger partial charge in [0, 0.05) is 17.8 Å². The number of carbonyl (C=O) groups excluding carboxylic acids is 2. The minimum absolute atomic E-state index is 0.0495. The van der Waals surface area contributed by atoms with Gasteiger partial charge in [-0.15, -0.1) is 0 Å². The summed E-state index contributed by atoms with van der Waals surface area (Å²) in [6.45, 7) is 3.39. The Hall–Kier alpha value is -0.890. The number of Topliss-reactive ketones (excluding diaryl/α,β-unsaturated/α-hetero) is 1. The zero-order valence-corrected chi connectivity index (χ0v) is 18.3. The molecule has 1 unspecified atom stereocenters. The lowest BCUT2D eigenvalue weighted by Crippen LogP contribution is -2.60. The highest BCUT2D eigenvalue weighted by Crippen LogP contribution is 2.67. The second-order valence-electron chi connectivity index (χ2n) is 10.1. The highest BCUT2D eigenvalue weighted by Gasteiger charge is 2.65. The molecule has 9 heteroatoms. The molecule has 4 aliphatic carbocycles. The summed E-state index contributed by atoms with van der Waals surface area (Å²) >= 11 is 0. The van der Waals surface area contributed by atoms with E-state index in [1.807, 2.05) is 13.8 Å². The molecule has 0 spiro atoms. The van der Waals surface area contributed by atoms with Gasteiger partial charge in [0.05, 0.1) is 12.2 Å². The molecule has 0 radical (unpaired) electrons. The molecular formula is C21H31O8P. The molecule has 0 amide bonds. The van der Waals surface area contributed by atoms with E-state index in [9.17, 15) is 34.2 Å². The zero-order chi connectivity index (χ0) is 22.1. The van der Waals surface area contributed by atoms with Crippen molar-refractivity contribution in [3.05, 3.63) is 11.6 Å². The van der Waals surface area contributed by atoms with E-state index < -0.39 is 37.5 Å². The van der Waals surface area contributed by atoms with Gasteiger partial charge in [0.25, 0.3) is 0 Å². The maximum absolute atomic E-state index is 12.4. The summed E-state index contributed by atoms with van der Waals surface area (Å²) in [5, 5.41) is 20.8. The van der Waals surface area contributed by atoms with Crippen LogP contribution in [0.4, 0.5) is 0 Å². The monoisotopic (exact) mass is 442 g/mol. The smallest absolute Gasteiger partial charge is 0.393 e. The molecule has 4 N–H and O–H groups in total. The average Bonchev–Trinajstić information content (AvgIpc) is 2.97. The molecule has 0 aromatic rings. The van der Waals surface area contributed by atoms with Gasteiger partial charge in [0.15, 0.2) is 11.6 Å². The molecule has 0 saturated heterocycles. The van der Waals surface area contributed by atoms with Crippen LogP contribution in [-0.2, 0) is 18.7 Å². The van der Waals surface area contributed by atoms with Crippen molar-refractivity contribution in [3.63, 3.8) is 0 Å². The summed E-state index contributed by atoms with van der Waals surface area (Å²) in [7, 11) is -4.83. The Balaban J connectivity index is 1.74. The van der Waals surface area contributed by atoms with Crippen LogP contribution in [0.5, 0.6) is 0 Å². The van der Waals surface area contributed by atoms with Gasteiger partial charge in [-0.05, 0) is 61.3 Å². The molecular weight excluding hydrogens is 411 g/mol. The van der Waals surface area contributed by atoms with Crippen molar-refractivity contribution in [1.29, 1.82) is 0 Å². The van der Waals surface area contributed by atoms with Crippen molar-refractivity contribution >= 4 is 19.4 Å². The number of aliphatic hydroxyl groups excluding tert-OH is 2. The number of phosphoric acid groups is 1. The van der Waals surface area contributed by atoms with E-state index in [1.165, 1.54) is 0 Å². The number of aliphatic hydroxyl groups is 2. The summed E-state index contributed by atoms with van der Waals surface area (Å²) < 4.78 is 16.8. The van der Waals surface area contributed by atoms with Gasteiger partial charge in [-0.3, -0.25) is 14.1 Å². The normalized spacial score (nSPS) is 45.9. The van der Waals surface area contributed by atoms with Gasteiger partial charge >= 0.3 is 7.82 Å². The summed E-state index contributed by atoms with van der Waals surface area (Å²) in [6, 6.07) is 0. The fourth-order valence-electron chi connectivity index (χ4n) is 7.65. The molecule has 8 nitrogen and oxygen atoms in total. The Morgan fingerprint density at radius 3 is 2.60 bits per heavy atom. The molecule has 3 saturated carbocycles. The van der Waals surface area contributed by atoms with Crippen LogP contribution in [0.2, 0.25) is 0 Å². The third kappa shape index (κ3) is 3.28. The van der Waals surface area contributed by atoms with Crippen molar-refractivity contribution in [1.82, 2.24) is 0 Å². The van der Waals surface area contributed by atoms with Crippen LogP contribution in [0.15, 0.2) is 11.6 Å². The predicted octanol–water partition coefficient (Wildman–Crippen LogP) is 1.75. The Morgan fingerprint density at radius 2 is 1.97 bits per heavy atom. The second kappa shape index (κ2) is 7.32. The van der Waals surface area contributed by atoms with E-state index >= 15 is 0 Å². The van der Waals surface area contributed by atoms with Crippen LogP contribution >= 0.6 is 7.82 Å². The molecule has 3 fully saturated rings. The number of rotatable bonds is 4. The predicted molar refractivity (Wildman–Crippen MR) is 106 cm³/mol. The van der Waals surface area contributed by atoms with Gasteiger partial charge in [0.1, 0.15) is 6.61 Å². The Morgan fingerprint density at radius 1 is 1.27 bits per heavy atom. The maximum Gasteiger partial charge on any atom is 0.469 e. The molecule has 4 aliphatic rings. The highest BCUT2D eigenvalue weighted by molar-refractivity contribution is 7.46. The van der Waals surface area contributed by atoms with Crippen molar-refractivity contribution in [3.8, 4) is 0 Å². The topological polar surface area (TPSA) is 141 Å². The summed E-state index contributed by atoms with van der Waals surface area (Å²) in [6.07, 6.45) is 2.87. The zero-order valence-electron chi connectivity index (χ0n) is 17.4. The first kappa shape index (κ1) is 22.3. The molecule has 0 heterocycles. The standard InChI is InChI=1S/C21H31O8P/c1-20-9-16(24)19-13(14(20)5-6-15(20)17(25)10-22)4-3-11-7-12(23)8-18(21(11,19)2)29-30(26,27)28/h7,13-16,18-19,22,24H,3-6,8-10H2,1-2H3,(H2,26,27,28)/t13-,14-,15+,16-,18?,19+,20-,21+/m0/s1. The van der Waals surface area contributed by atoms with Gasteiger partial charge in [0.2, 0.25) is 0 Å². The van der Waals surface area contributed by atoms with Crippen LogP contribution in [0.1, 0.15) is 52.4 Å². The number of hydrogen-bond donors (Lipinski definition) is 4. The van der Waals surface area contributed by atoms with Crippen molar-refractivity contribution in [2.45, 2.75) is 64.6 Å². The second-order valence-corrected chi connectivity index (χ2v) is 11.3. The van der Waals surface area contributed by atoms with Crippen LogP contribution in [0.3, 0.4) is 0 Å². The quantitative estimate of drug-likeness (QED) is 0.483. The highest BCUT2D eigenvalue weighted by atomic mass is 31.2. The van der Waals surface area contributed by atoms with Gasteiger partial charge in [-0.2, -0.15) is 0 Å². The maximum atomic E-state index is 12.4. The van der Waals surface area contributed by atoms with Crippen molar-refractivity contribution in [2.75, 3.05) is 6.61 Å². The molecule has 0 bridgehead atoms. The molecule has 4 rings (SSSR count). The van der Waals surface area contributed by atoms with Crippen LogP contribution in [0.25, 0.3) is 0 Å². The summed E-state index contributed by atoms with van der Waals surface area (Å²) in [5.74, 6) is -0.791. The first-order chi connectivity index (χ1) is 13.9. The van der Waals surface area contributed by atoms with Crippen LogP contribution in [-0.4, -0.2) is 50.4 Å². The lowest BCUT2D eigenvalue weighted by atomic mass is 9.45. The molecule has 30 heavy (non-hydrogen) atoms. The van der Waals surface area contributed by atoms with Gasteiger partial charge in [-0.25, -0.2) is 4.57 Å². The van der Waals surface area contributed by atoms with E-state index in [1.54, 1.807) is 6.08 Å². The Bertz CT molecular complexity index is 833. The van der Waals surface area contributed by atoms with E-state index in [0.29, 0.717) is 19.3 Å². The lowest BCUT2D eigenvalue weighted by Gasteiger charge is -2.61. The van der Waals surface area contributed by atoms with E-state index in [0.717, 1.165) is 18.4 Å². The first-order valence-corrected chi connectivity index (χ1v) is 12.2.